The lowest BCUT2D eigenvalue weighted by Gasteiger charge is -2.12. The van der Waals surface area contributed by atoms with Gasteiger partial charge in [0.05, 0.1) is 0 Å². The molecule has 0 saturated heterocycles. The first kappa shape index (κ1) is 9.36. The van der Waals surface area contributed by atoms with Crippen LogP contribution in [0.25, 0.3) is 0 Å². The molecule has 0 aliphatic carbocycles. The first-order chi connectivity index (χ1) is 5.65. The van der Waals surface area contributed by atoms with E-state index in [0.29, 0.717) is 5.02 Å². The highest BCUT2D eigenvalue weighted by molar-refractivity contribution is 6.30. The van der Waals surface area contributed by atoms with E-state index in [9.17, 15) is 5.11 Å². The molecule has 1 aromatic carbocycles. The van der Waals surface area contributed by atoms with Crippen LogP contribution in [0.15, 0.2) is 18.2 Å². The topological polar surface area (TPSA) is 32.3 Å². The molecule has 1 aromatic rings. The number of benzene rings is 1. The van der Waals surface area contributed by atoms with Crippen molar-refractivity contribution in [2.45, 2.75) is 13.0 Å². The molecule has 1 rings (SSSR count). The molecule has 0 bridgehead atoms. The smallest absolute Gasteiger partial charge is 0.120 e. The van der Waals surface area contributed by atoms with Crippen molar-refractivity contribution in [1.29, 1.82) is 0 Å². The summed E-state index contributed by atoms with van der Waals surface area (Å²) in [5.74, 6) is 0.279. The molecular weight excluding hydrogens is 174 g/mol. The lowest BCUT2D eigenvalue weighted by Crippen LogP contribution is -2.12. The molecule has 2 N–H and O–H groups in total. The zero-order valence-electron chi connectivity index (χ0n) is 7.13. The lowest BCUT2D eigenvalue weighted by atomic mass is 10.1. The summed E-state index contributed by atoms with van der Waals surface area (Å²) in [5.41, 5.74) is 0.824. The monoisotopic (exact) mass is 185 g/mol. The molecule has 0 amide bonds. The predicted octanol–water partition coefficient (Wildman–Crippen LogP) is 2.33. The third kappa shape index (κ3) is 1.90. The maximum absolute atomic E-state index is 9.44. The van der Waals surface area contributed by atoms with Gasteiger partial charge in [0, 0.05) is 16.6 Å². The number of phenols is 1. The van der Waals surface area contributed by atoms with Crippen molar-refractivity contribution >= 4 is 11.6 Å². The molecular formula is C9H12ClNO. The third-order valence-corrected chi connectivity index (χ3v) is 2.12. The zero-order chi connectivity index (χ0) is 9.14. The Labute approximate surface area is 77.2 Å². The largest absolute Gasteiger partial charge is 0.508 e. The number of halogens is 1. The second kappa shape index (κ2) is 3.78. The zero-order valence-corrected chi connectivity index (χ0v) is 7.89. The minimum absolute atomic E-state index is 0.115. The standard InChI is InChI=1S/C9H12ClNO/c1-6(11-2)8-5-7(10)3-4-9(8)12/h3-6,11-12H,1-2H3/t6-/m1/s1. The van der Waals surface area contributed by atoms with E-state index in [-0.39, 0.29) is 11.8 Å². The van der Waals surface area contributed by atoms with Crippen molar-refractivity contribution in [1.82, 2.24) is 5.32 Å². The number of rotatable bonds is 2. The number of aromatic hydroxyl groups is 1. The van der Waals surface area contributed by atoms with E-state index < -0.39 is 0 Å². The Bertz CT molecular complexity index is 275. The summed E-state index contributed by atoms with van der Waals surface area (Å²) in [6.07, 6.45) is 0. The van der Waals surface area contributed by atoms with E-state index in [4.69, 9.17) is 11.6 Å². The highest BCUT2D eigenvalue weighted by Gasteiger charge is 2.07. The Balaban J connectivity index is 3.04. The van der Waals surface area contributed by atoms with Crippen LogP contribution in [0.2, 0.25) is 5.02 Å². The quantitative estimate of drug-likeness (QED) is 0.741. The summed E-state index contributed by atoms with van der Waals surface area (Å²) >= 11 is 5.78. The molecule has 0 spiro atoms. The normalized spacial score (nSPS) is 12.9. The average Bonchev–Trinajstić information content (AvgIpc) is 2.08. The van der Waals surface area contributed by atoms with Crippen molar-refractivity contribution in [3.8, 4) is 5.75 Å². The van der Waals surface area contributed by atoms with E-state index >= 15 is 0 Å². The number of hydrogen-bond donors (Lipinski definition) is 2. The van der Waals surface area contributed by atoms with Gasteiger partial charge in [-0.2, -0.15) is 0 Å². The molecule has 0 fully saturated rings. The van der Waals surface area contributed by atoms with Gasteiger partial charge in [0.1, 0.15) is 5.75 Å². The molecule has 0 saturated carbocycles. The van der Waals surface area contributed by atoms with Gasteiger partial charge in [-0.05, 0) is 32.2 Å². The molecule has 0 unspecified atom stereocenters. The van der Waals surface area contributed by atoms with Crippen LogP contribution in [0.4, 0.5) is 0 Å². The van der Waals surface area contributed by atoms with Gasteiger partial charge in [-0.25, -0.2) is 0 Å². The summed E-state index contributed by atoms with van der Waals surface area (Å²) in [7, 11) is 1.84. The molecule has 3 heteroatoms. The number of nitrogens with one attached hydrogen (secondary N) is 1. The number of phenolic OH excluding ortho intramolecular Hbond substituents is 1. The van der Waals surface area contributed by atoms with Crippen LogP contribution in [-0.4, -0.2) is 12.2 Å². The van der Waals surface area contributed by atoms with Crippen molar-refractivity contribution in [2.75, 3.05) is 7.05 Å². The van der Waals surface area contributed by atoms with E-state index in [1.54, 1.807) is 18.2 Å². The Hall–Kier alpha value is -0.730. The van der Waals surface area contributed by atoms with Crippen LogP contribution >= 0.6 is 11.6 Å². The van der Waals surface area contributed by atoms with Crippen LogP contribution in [0.5, 0.6) is 5.75 Å². The second-order valence-electron chi connectivity index (χ2n) is 2.71. The Morgan fingerprint density at radius 3 is 2.75 bits per heavy atom. The Morgan fingerprint density at radius 2 is 2.17 bits per heavy atom. The van der Waals surface area contributed by atoms with Crippen LogP contribution < -0.4 is 5.32 Å². The van der Waals surface area contributed by atoms with Gasteiger partial charge >= 0.3 is 0 Å². The fourth-order valence-corrected chi connectivity index (χ4v) is 1.21. The van der Waals surface area contributed by atoms with E-state index in [0.717, 1.165) is 5.56 Å². The predicted molar refractivity (Wildman–Crippen MR) is 50.6 cm³/mol. The summed E-state index contributed by atoms with van der Waals surface area (Å²) in [5, 5.41) is 13.1. The summed E-state index contributed by atoms with van der Waals surface area (Å²) in [6, 6.07) is 5.15. The van der Waals surface area contributed by atoms with Crippen LogP contribution in [0.1, 0.15) is 18.5 Å². The van der Waals surface area contributed by atoms with Crippen molar-refractivity contribution < 1.29 is 5.11 Å². The minimum Gasteiger partial charge on any atom is -0.508 e. The SMILES string of the molecule is CN[C@H](C)c1cc(Cl)ccc1O. The summed E-state index contributed by atoms with van der Waals surface area (Å²) < 4.78 is 0. The molecule has 0 aromatic heterocycles. The molecule has 2 nitrogen and oxygen atoms in total. The maximum atomic E-state index is 9.44. The molecule has 12 heavy (non-hydrogen) atoms. The van der Waals surface area contributed by atoms with E-state index in [2.05, 4.69) is 5.32 Å². The van der Waals surface area contributed by atoms with Crippen LogP contribution in [0, 0.1) is 0 Å². The molecule has 66 valence electrons. The van der Waals surface area contributed by atoms with Gasteiger partial charge in [0.25, 0.3) is 0 Å². The van der Waals surface area contributed by atoms with Crippen molar-refractivity contribution in [3.63, 3.8) is 0 Å². The lowest BCUT2D eigenvalue weighted by molar-refractivity contribution is 0.458. The van der Waals surface area contributed by atoms with Gasteiger partial charge < -0.3 is 10.4 Å². The maximum Gasteiger partial charge on any atom is 0.120 e. The minimum atomic E-state index is 0.115. The summed E-state index contributed by atoms with van der Waals surface area (Å²) in [6.45, 7) is 1.96. The fraction of sp³-hybridized carbons (Fsp3) is 0.333. The van der Waals surface area contributed by atoms with Crippen LogP contribution in [-0.2, 0) is 0 Å². The van der Waals surface area contributed by atoms with Crippen molar-refractivity contribution in [2.24, 2.45) is 0 Å². The van der Waals surface area contributed by atoms with Crippen LogP contribution in [0.3, 0.4) is 0 Å². The van der Waals surface area contributed by atoms with Gasteiger partial charge in [-0.15, -0.1) is 0 Å². The van der Waals surface area contributed by atoms with Gasteiger partial charge in [-0.1, -0.05) is 11.6 Å². The van der Waals surface area contributed by atoms with Crippen molar-refractivity contribution in [3.05, 3.63) is 28.8 Å². The summed E-state index contributed by atoms with van der Waals surface area (Å²) in [4.78, 5) is 0. The molecule has 0 aliphatic rings. The molecule has 0 aliphatic heterocycles. The highest BCUT2D eigenvalue weighted by atomic mass is 35.5. The Kier molecular flexibility index (Phi) is 2.95. The first-order valence-electron chi connectivity index (χ1n) is 3.81. The van der Waals surface area contributed by atoms with Gasteiger partial charge in [0.15, 0.2) is 0 Å². The van der Waals surface area contributed by atoms with E-state index in [1.807, 2.05) is 14.0 Å². The molecule has 0 radical (unpaired) electrons. The first-order valence-corrected chi connectivity index (χ1v) is 4.18. The number of hydrogen-bond acceptors (Lipinski definition) is 2. The second-order valence-corrected chi connectivity index (χ2v) is 3.15. The fourth-order valence-electron chi connectivity index (χ4n) is 1.03. The van der Waals surface area contributed by atoms with E-state index in [1.165, 1.54) is 0 Å². The average molecular weight is 186 g/mol. The Morgan fingerprint density at radius 1 is 1.50 bits per heavy atom. The molecule has 1 atom stereocenters. The molecule has 0 heterocycles. The van der Waals surface area contributed by atoms with Gasteiger partial charge in [-0.3, -0.25) is 0 Å². The third-order valence-electron chi connectivity index (χ3n) is 1.89. The van der Waals surface area contributed by atoms with Gasteiger partial charge in [0.2, 0.25) is 0 Å². The highest BCUT2D eigenvalue weighted by Crippen LogP contribution is 2.26.